The number of allylic oxidation sites excluding steroid dienone is 1. The van der Waals surface area contributed by atoms with E-state index in [9.17, 15) is 23.1 Å². The second-order valence-corrected chi connectivity index (χ2v) is 10.8. The molecule has 1 unspecified atom stereocenters. The highest BCUT2D eigenvalue weighted by Gasteiger charge is 2.38. The zero-order chi connectivity index (χ0) is 26.4. The maximum atomic E-state index is 13.9. The second kappa shape index (κ2) is 9.81. The minimum absolute atomic E-state index is 0.00636. The van der Waals surface area contributed by atoms with Crippen LogP contribution in [0, 0.1) is 0 Å². The largest absolute Gasteiger partial charge is 0.416 e. The minimum atomic E-state index is -4.61. The van der Waals surface area contributed by atoms with Crippen molar-refractivity contribution in [2.24, 2.45) is 4.99 Å². The zero-order valence-electron chi connectivity index (χ0n) is 19.9. The fourth-order valence-electron chi connectivity index (χ4n) is 4.79. The minimum Gasteiger partial charge on any atom is -0.388 e. The van der Waals surface area contributed by atoms with Gasteiger partial charge < -0.3 is 10.0 Å². The molecule has 0 radical (unpaired) electrons. The van der Waals surface area contributed by atoms with Crippen LogP contribution < -0.4 is 0 Å². The summed E-state index contributed by atoms with van der Waals surface area (Å²) in [4.78, 5) is 19.6. The van der Waals surface area contributed by atoms with Crippen LogP contribution in [0.15, 0.2) is 52.5 Å². The van der Waals surface area contributed by atoms with Gasteiger partial charge in [-0.2, -0.15) is 23.3 Å². The van der Waals surface area contributed by atoms with E-state index in [1.165, 1.54) is 12.1 Å². The number of rotatable bonds is 4. The first-order valence-electron chi connectivity index (χ1n) is 11.9. The summed E-state index contributed by atoms with van der Waals surface area (Å²) in [6.45, 7) is 2.90. The van der Waals surface area contributed by atoms with Gasteiger partial charge in [0, 0.05) is 23.5 Å². The topological polar surface area (TPSA) is 81.6 Å². The summed E-state index contributed by atoms with van der Waals surface area (Å²) in [6, 6.07) is 9.01. The Morgan fingerprint density at radius 3 is 2.84 bits per heavy atom. The standard InChI is InChI=1S/C26H24ClF3N4O2S/c1-2-25(36)8-3-9-34(14-25)24-32-23(35)22(37-24)19(15-5-7-21-17(10-15)13-31-33-21)11-16-4-6-18(27)12-20(16)26(28,29)30/h4-7,10,12-13,36H,2-3,8-9,11,14H2,1H3,(H,31,33). The van der Waals surface area contributed by atoms with Gasteiger partial charge in [-0.15, -0.1) is 0 Å². The number of hydrogen-bond acceptors (Lipinski definition) is 5. The number of H-pyrrole nitrogens is 1. The Balaban J connectivity index is 1.58. The first kappa shape index (κ1) is 25.8. The number of carbonyl (C=O) groups is 1. The second-order valence-electron chi connectivity index (χ2n) is 9.36. The number of alkyl halides is 3. The fourth-order valence-corrected chi connectivity index (χ4v) is 6.00. The molecular formula is C26H24ClF3N4O2S. The Morgan fingerprint density at radius 1 is 1.27 bits per heavy atom. The number of amidine groups is 1. The lowest BCUT2D eigenvalue weighted by Gasteiger charge is -2.39. The molecule has 0 spiro atoms. The molecule has 2 aliphatic heterocycles. The van der Waals surface area contributed by atoms with Crippen LogP contribution >= 0.6 is 23.4 Å². The number of aliphatic imine (C=N–C) groups is 1. The monoisotopic (exact) mass is 548 g/mol. The number of thioether (sulfide) groups is 1. The molecule has 2 N–H and O–H groups in total. The summed E-state index contributed by atoms with van der Waals surface area (Å²) in [5, 5.41) is 18.9. The fraction of sp³-hybridized carbons (Fsp3) is 0.346. The van der Waals surface area contributed by atoms with Crippen molar-refractivity contribution in [3.8, 4) is 0 Å². The van der Waals surface area contributed by atoms with Gasteiger partial charge in [0.05, 0.1) is 27.8 Å². The molecule has 5 rings (SSSR count). The summed E-state index contributed by atoms with van der Waals surface area (Å²) in [5.41, 5.74) is 0.108. The van der Waals surface area contributed by atoms with E-state index in [0.717, 1.165) is 35.2 Å². The number of aromatic amines is 1. The van der Waals surface area contributed by atoms with E-state index in [1.54, 1.807) is 24.4 Å². The average molecular weight is 549 g/mol. The normalized spacial score (nSPS) is 22.1. The highest BCUT2D eigenvalue weighted by Crippen LogP contribution is 2.41. The van der Waals surface area contributed by atoms with Crippen LogP contribution in [0.4, 0.5) is 13.2 Å². The van der Waals surface area contributed by atoms with E-state index in [2.05, 4.69) is 15.2 Å². The zero-order valence-corrected chi connectivity index (χ0v) is 21.5. The van der Waals surface area contributed by atoms with Gasteiger partial charge in [-0.1, -0.05) is 30.7 Å². The predicted octanol–water partition coefficient (Wildman–Crippen LogP) is 6.06. The van der Waals surface area contributed by atoms with E-state index < -0.39 is 23.2 Å². The lowest BCUT2D eigenvalue weighted by atomic mass is 9.91. The Bertz CT molecular complexity index is 1430. The van der Waals surface area contributed by atoms with Crippen LogP contribution in [0.25, 0.3) is 16.5 Å². The number of halogens is 4. The number of aromatic nitrogens is 2. The molecule has 11 heteroatoms. The van der Waals surface area contributed by atoms with E-state index in [1.807, 2.05) is 11.8 Å². The predicted molar refractivity (Wildman–Crippen MR) is 139 cm³/mol. The van der Waals surface area contributed by atoms with Gasteiger partial charge in [-0.25, -0.2) is 0 Å². The molecule has 1 amide bonds. The van der Waals surface area contributed by atoms with Crippen molar-refractivity contribution in [3.05, 3.63) is 69.2 Å². The maximum Gasteiger partial charge on any atom is 0.416 e. The Kier molecular flexibility index (Phi) is 6.84. The molecule has 2 aromatic carbocycles. The van der Waals surface area contributed by atoms with Crippen LogP contribution in [-0.2, 0) is 17.4 Å². The molecule has 1 aromatic heterocycles. The molecule has 3 heterocycles. The molecule has 6 nitrogen and oxygen atoms in total. The van der Waals surface area contributed by atoms with Crippen molar-refractivity contribution in [1.29, 1.82) is 0 Å². The molecule has 37 heavy (non-hydrogen) atoms. The van der Waals surface area contributed by atoms with Gasteiger partial charge in [0.1, 0.15) is 0 Å². The number of aliphatic hydroxyl groups is 1. The number of hydrogen-bond donors (Lipinski definition) is 2. The molecule has 1 fully saturated rings. The number of β-amino-alcohol motifs (C(OH)–C–C–N with tert-alkyl or cyclic N) is 1. The van der Waals surface area contributed by atoms with Crippen molar-refractivity contribution in [2.75, 3.05) is 13.1 Å². The third kappa shape index (κ3) is 5.28. The maximum absolute atomic E-state index is 13.9. The lowest BCUT2D eigenvalue weighted by Crippen LogP contribution is -2.49. The first-order valence-corrected chi connectivity index (χ1v) is 13.1. The molecule has 0 bridgehead atoms. The Labute approximate surface area is 220 Å². The number of carbonyl (C=O) groups excluding carboxylic acids is 1. The molecule has 3 aromatic rings. The number of likely N-dealkylation sites (tertiary alicyclic amines) is 1. The van der Waals surface area contributed by atoms with E-state index in [4.69, 9.17) is 11.6 Å². The van der Waals surface area contributed by atoms with E-state index in [-0.39, 0.29) is 21.9 Å². The average Bonchev–Trinajstić information content (AvgIpc) is 3.49. The van der Waals surface area contributed by atoms with Crippen molar-refractivity contribution >= 4 is 50.9 Å². The van der Waals surface area contributed by atoms with Gasteiger partial charge in [0.2, 0.25) is 0 Å². The molecule has 1 atom stereocenters. The number of fused-ring (bicyclic) bond motifs is 1. The summed E-state index contributed by atoms with van der Waals surface area (Å²) < 4.78 is 41.7. The number of piperidine rings is 1. The van der Waals surface area contributed by atoms with Crippen LogP contribution in [0.1, 0.15) is 42.9 Å². The van der Waals surface area contributed by atoms with Crippen molar-refractivity contribution in [2.45, 2.75) is 44.4 Å². The summed E-state index contributed by atoms with van der Waals surface area (Å²) in [6.07, 6.45) is -1.15. The third-order valence-electron chi connectivity index (χ3n) is 6.88. The molecule has 1 saturated heterocycles. The first-order chi connectivity index (χ1) is 17.6. The van der Waals surface area contributed by atoms with Crippen LogP contribution in [0.5, 0.6) is 0 Å². The van der Waals surface area contributed by atoms with Gasteiger partial charge in [-0.3, -0.25) is 9.89 Å². The molecular weight excluding hydrogens is 525 g/mol. The summed E-state index contributed by atoms with van der Waals surface area (Å²) in [7, 11) is 0. The van der Waals surface area contributed by atoms with Crippen LogP contribution in [-0.4, -0.2) is 50.0 Å². The molecule has 0 aliphatic carbocycles. The number of nitrogens with zero attached hydrogens (tertiary/aromatic N) is 3. The van der Waals surface area contributed by atoms with Gasteiger partial charge in [0.25, 0.3) is 5.91 Å². The van der Waals surface area contributed by atoms with Crippen molar-refractivity contribution < 1.29 is 23.1 Å². The number of amides is 1. The third-order valence-corrected chi connectivity index (χ3v) is 8.27. The quantitative estimate of drug-likeness (QED) is 0.388. The molecule has 194 valence electrons. The highest BCUT2D eigenvalue weighted by atomic mass is 35.5. The van der Waals surface area contributed by atoms with Crippen molar-refractivity contribution in [1.82, 2.24) is 15.1 Å². The molecule has 0 saturated carbocycles. The number of benzene rings is 2. The molecule has 2 aliphatic rings. The smallest absolute Gasteiger partial charge is 0.388 e. The summed E-state index contributed by atoms with van der Waals surface area (Å²) in [5.74, 6) is -0.504. The Hall–Kier alpha value is -2.82. The van der Waals surface area contributed by atoms with E-state index >= 15 is 0 Å². The number of nitrogens with one attached hydrogen (secondary N) is 1. The van der Waals surface area contributed by atoms with Gasteiger partial charge in [0.15, 0.2) is 5.17 Å². The van der Waals surface area contributed by atoms with Crippen molar-refractivity contribution in [3.63, 3.8) is 0 Å². The highest BCUT2D eigenvalue weighted by molar-refractivity contribution is 8.18. The SMILES string of the molecule is CCC1(O)CCCN(C2=NC(=O)C(=C(Cc3ccc(Cl)cc3C(F)(F)F)c3ccc4[nH]ncc4c3)S2)C1. The van der Waals surface area contributed by atoms with Crippen LogP contribution in [0.3, 0.4) is 0 Å². The van der Waals surface area contributed by atoms with Gasteiger partial charge in [-0.05, 0) is 78.4 Å². The summed E-state index contributed by atoms with van der Waals surface area (Å²) >= 11 is 7.04. The Morgan fingerprint density at radius 2 is 2.08 bits per heavy atom. The van der Waals surface area contributed by atoms with Gasteiger partial charge >= 0.3 is 6.18 Å². The van der Waals surface area contributed by atoms with Crippen LogP contribution in [0.2, 0.25) is 5.02 Å². The lowest BCUT2D eigenvalue weighted by molar-refractivity contribution is -0.138. The van der Waals surface area contributed by atoms with E-state index in [0.29, 0.717) is 42.2 Å².